The topological polar surface area (TPSA) is 121 Å². The van der Waals surface area contributed by atoms with Crippen LogP contribution in [0.15, 0.2) is 59.7 Å². The number of carboxylic acids is 1. The lowest BCUT2D eigenvalue weighted by atomic mass is 10.1. The summed E-state index contributed by atoms with van der Waals surface area (Å²) < 4.78 is 25.4. The van der Waals surface area contributed by atoms with E-state index >= 15 is 0 Å². The molecule has 0 fully saturated rings. The lowest BCUT2D eigenvalue weighted by Crippen LogP contribution is -2.19. The van der Waals surface area contributed by atoms with Crippen molar-refractivity contribution in [3.63, 3.8) is 0 Å². The third-order valence-corrected chi connectivity index (χ3v) is 4.89. The number of aromatic carboxylic acids is 1. The molecule has 1 amide bonds. The summed E-state index contributed by atoms with van der Waals surface area (Å²) >= 11 is 6.38. The van der Waals surface area contributed by atoms with Crippen LogP contribution in [0.3, 0.4) is 0 Å². The van der Waals surface area contributed by atoms with Gasteiger partial charge in [-0.15, -0.1) is 0 Å². The van der Waals surface area contributed by atoms with Gasteiger partial charge < -0.3 is 14.6 Å². The molecule has 35 heavy (non-hydrogen) atoms. The zero-order chi connectivity index (χ0) is 25.4. The van der Waals surface area contributed by atoms with Gasteiger partial charge in [0, 0.05) is 0 Å². The number of amides is 1. The normalized spacial score (nSPS) is 10.6. The van der Waals surface area contributed by atoms with E-state index in [4.69, 9.17) is 31.4 Å². The highest BCUT2D eigenvalue weighted by Crippen LogP contribution is 2.37. The van der Waals surface area contributed by atoms with Gasteiger partial charge >= 0.3 is 5.97 Å². The van der Waals surface area contributed by atoms with Gasteiger partial charge in [0.2, 0.25) is 0 Å². The van der Waals surface area contributed by atoms with Crippen LogP contribution in [0.2, 0.25) is 5.02 Å². The molecule has 2 N–H and O–H groups in total. The lowest BCUT2D eigenvalue weighted by molar-refractivity contribution is 0.0696. The number of benzene rings is 3. The number of hydrogen-bond donors (Lipinski definition) is 2. The molecule has 3 aromatic rings. The van der Waals surface area contributed by atoms with Gasteiger partial charge in [0.1, 0.15) is 12.4 Å². The van der Waals surface area contributed by atoms with Crippen LogP contribution < -0.4 is 14.9 Å². The molecule has 0 saturated heterocycles. The molecule has 0 aliphatic heterocycles. The summed E-state index contributed by atoms with van der Waals surface area (Å²) in [7, 11) is 0. The summed E-state index contributed by atoms with van der Waals surface area (Å²) in [5.41, 5.74) is 3.29. The van der Waals surface area contributed by atoms with Crippen LogP contribution >= 0.6 is 11.6 Å². The van der Waals surface area contributed by atoms with Crippen molar-refractivity contribution in [3.05, 3.63) is 93.3 Å². The van der Waals surface area contributed by atoms with E-state index in [-0.39, 0.29) is 34.1 Å². The van der Waals surface area contributed by atoms with Gasteiger partial charge in [-0.05, 0) is 60.5 Å². The van der Waals surface area contributed by atoms with Crippen molar-refractivity contribution < 1.29 is 28.6 Å². The highest BCUT2D eigenvalue weighted by molar-refractivity contribution is 6.32. The number of ether oxygens (including phenoxy) is 2. The standard InChI is InChI=1S/C25H19ClFN3O5/c1-2-34-22-11-17(13-29-30-24(31)19-7-6-15(12-28)10-21(19)27)9-20(26)23(22)35-14-16-4-3-5-18(8-16)25(32)33/h3-11,13H,2,14H2,1H3,(H,30,31)(H,32,33). The predicted octanol–water partition coefficient (Wildman–Crippen LogP) is 4.79. The third kappa shape index (κ3) is 6.56. The fourth-order valence-corrected chi connectivity index (χ4v) is 3.28. The largest absolute Gasteiger partial charge is 0.490 e. The Morgan fingerprint density at radius 3 is 2.69 bits per heavy atom. The molecule has 0 bridgehead atoms. The molecule has 178 valence electrons. The number of halogens is 2. The van der Waals surface area contributed by atoms with E-state index in [0.717, 1.165) is 6.07 Å². The van der Waals surface area contributed by atoms with E-state index in [9.17, 15) is 14.0 Å². The molecule has 0 spiro atoms. The van der Waals surface area contributed by atoms with Crippen molar-refractivity contribution in [2.75, 3.05) is 6.61 Å². The SMILES string of the molecule is CCOc1cc(C=NNC(=O)c2ccc(C#N)cc2F)cc(Cl)c1OCc1cccc(C(=O)O)c1. The average molecular weight is 496 g/mol. The lowest BCUT2D eigenvalue weighted by Gasteiger charge is -2.14. The number of rotatable bonds is 9. The maximum atomic E-state index is 14.0. The molecule has 10 heteroatoms. The third-order valence-electron chi connectivity index (χ3n) is 4.61. The Morgan fingerprint density at radius 1 is 1.20 bits per heavy atom. The molecule has 3 rings (SSSR count). The summed E-state index contributed by atoms with van der Waals surface area (Å²) in [5, 5.41) is 22.0. The van der Waals surface area contributed by atoms with E-state index in [1.807, 2.05) is 0 Å². The van der Waals surface area contributed by atoms with Gasteiger partial charge in [-0.1, -0.05) is 23.7 Å². The molecule has 0 aliphatic rings. The molecular weight excluding hydrogens is 477 g/mol. The van der Waals surface area contributed by atoms with Crippen molar-refractivity contribution in [1.82, 2.24) is 5.43 Å². The molecular formula is C25H19ClFN3O5. The van der Waals surface area contributed by atoms with Crippen molar-refractivity contribution in [2.24, 2.45) is 5.10 Å². The van der Waals surface area contributed by atoms with E-state index in [0.29, 0.717) is 23.5 Å². The van der Waals surface area contributed by atoms with E-state index < -0.39 is 17.7 Å². The zero-order valence-corrected chi connectivity index (χ0v) is 19.2. The second-order valence-corrected chi connectivity index (χ2v) is 7.47. The molecule has 0 radical (unpaired) electrons. The molecule has 0 aromatic heterocycles. The first-order valence-corrected chi connectivity index (χ1v) is 10.6. The van der Waals surface area contributed by atoms with Crippen molar-refractivity contribution in [2.45, 2.75) is 13.5 Å². The summed E-state index contributed by atoms with van der Waals surface area (Å²) in [4.78, 5) is 23.3. The molecule has 8 nitrogen and oxygen atoms in total. The Bertz CT molecular complexity index is 1340. The van der Waals surface area contributed by atoms with Gasteiger partial charge in [0.15, 0.2) is 11.5 Å². The molecule has 0 heterocycles. The minimum atomic E-state index is -1.04. The van der Waals surface area contributed by atoms with Crippen LogP contribution in [0.4, 0.5) is 4.39 Å². The number of nitrogens with zero attached hydrogens (tertiary/aromatic N) is 2. The number of carboxylic acid groups (broad SMARTS) is 1. The van der Waals surface area contributed by atoms with Crippen molar-refractivity contribution >= 4 is 29.7 Å². The quantitative estimate of drug-likeness (QED) is 0.325. The Morgan fingerprint density at radius 2 is 2.00 bits per heavy atom. The molecule has 0 saturated carbocycles. The summed E-state index contributed by atoms with van der Waals surface area (Å²) in [5.74, 6) is -2.09. The smallest absolute Gasteiger partial charge is 0.335 e. The molecule has 0 unspecified atom stereocenters. The van der Waals surface area contributed by atoms with Crippen LogP contribution in [0.25, 0.3) is 0 Å². The fourth-order valence-electron chi connectivity index (χ4n) is 3.01. The number of hydrogen-bond acceptors (Lipinski definition) is 6. The number of hydrazone groups is 1. The second kappa shape index (κ2) is 11.6. The first-order chi connectivity index (χ1) is 16.8. The van der Waals surface area contributed by atoms with Gasteiger partial charge in [-0.25, -0.2) is 14.6 Å². The van der Waals surface area contributed by atoms with E-state index in [2.05, 4.69) is 10.5 Å². The van der Waals surface area contributed by atoms with Crippen molar-refractivity contribution in [3.8, 4) is 17.6 Å². The van der Waals surface area contributed by atoms with Crippen LogP contribution in [0.1, 0.15) is 44.3 Å². The monoisotopic (exact) mass is 495 g/mol. The number of nitrogens with one attached hydrogen (secondary N) is 1. The summed E-state index contributed by atoms with van der Waals surface area (Å²) in [6, 6.07) is 14.7. The van der Waals surface area contributed by atoms with E-state index in [1.165, 1.54) is 36.5 Å². The van der Waals surface area contributed by atoms with Crippen LogP contribution in [0.5, 0.6) is 11.5 Å². The Kier molecular flexibility index (Phi) is 8.38. The minimum Gasteiger partial charge on any atom is -0.490 e. The minimum absolute atomic E-state index is 0.0561. The average Bonchev–Trinajstić information content (AvgIpc) is 2.83. The number of nitriles is 1. The van der Waals surface area contributed by atoms with Gasteiger partial charge in [-0.2, -0.15) is 10.4 Å². The molecule has 3 aromatic carbocycles. The Hall–Kier alpha value is -4.42. The second-order valence-electron chi connectivity index (χ2n) is 7.06. The van der Waals surface area contributed by atoms with Crippen LogP contribution in [0, 0.1) is 17.1 Å². The van der Waals surface area contributed by atoms with Gasteiger partial charge in [0.25, 0.3) is 5.91 Å². The predicted molar refractivity (Wildman–Crippen MR) is 127 cm³/mol. The first-order valence-electron chi connectivity index (χ1n) is 10.3. The summed E-state index contributed by atoms with van der Waals surface area (Å²) in [6.45, 7) is 2.15. The highest BCUT2D eigenvalue weighted by atomic mass is 35.5. The maximum absolute atomic E-state index is 14.0. The summed E-state index contributed by atoms with van der Waals surface area (Å²) in [6.07, 6.45) is 1.30. The number of carbonyl (C=O) groups excluding carboxylic acids is 1. The highest BCUT2D eigenvalue weighted by Gasteiger charge is 2.14. The zero-order valence-electron chi connectivity index (χ0n) is 18.4. The van der Waals surface area contributed by atoms with Crippen LogP contribution in [-0.2, 0) is 6.61 Å². The fraction of sp³-hybridized carbons (Fsp3) is 0.120. The van der Waals surface area contributed by atoms with Gasteiger partial charge in [0.05, 0.1) is 40.6 Å². The number of carbonyl (C=O) groups is 2. The maximum Gasteiger partial charge on any atom is 0.335 e. The molecule has 0 aliphatic carbocycles. The first kappa shape index (κ1) is 25.2. The van der Waals surface area contributed by atoms with Crippen LogP contribution in [-0.4, -0.2) is 29.8 Å². The van der Waals surface area contributed by atoms with Gasteiger partial charge in [-0.3, -0.25) is 4.79 Å². The van der Waals surface area contributed by atoms with Crippen molar-refractivity contribution in [1.29, 1.82) is 5.26 Å². The Labute approximate surface area is 205 Å². The van der Waals surface area contributed by atoms with E-state index in [1.54, 1.807) is 31.2 Å². The molecule has 0 atom stereocenters. The Balaban J connectivity index is 1.74.